The van der Waals surface area contributed by atoms with Crippen molar-refractivity contribution in [3.8, 4) is 0 Å². The topological polar surface area (TPSA) is 92.8 Å². The Morgan fingerprint density at radius 1 is 1.04 bits per heavy atom. The van der Waals surface area contributed by atoms with Gasteiger partial charge in [0.05, 0.1) is 0 Å². The Bertz CT molecular complexity index is 727. The van der Waals surface area contributed by atoms with Crippen LogP contribution in [0.4, 0.5) is 16.2 Å². The fourth-order valence-electron chi connectivity index (χ4n) is 2.81. The molecule has 1 saturated heterocycles. The summed E-state index contributed by atoms with van der Waals surface area (Å²) in [7, 11) is 0. The minimum absolute atomic E-state index is 0.0378. The summed E-state index contributed by atoms with van der Waals surface area (Å²) in [4.78, 5) is 30.7. The molecule has 24 heavy (non-hydrogen) atoms. The van der Waals surface area contributed by atoms with E-state index in [-0.39, 0.29) is 5.91 Å². The Balaban J connectivity index is 1.64. The number of nitrogens with zero attached hydrogens (tertiary/aromatic N) is 2. The molecule has 1 aliphatic heterocycles. The Morgan fingerprint density at radius 3 is 2.42 bits per heavy atom. The van der Waals surface area contributed by atoms with E-state index < -0.39 is 6.03 Å². The minimum atomic E-state index is -0.645. The highest BCUT2D eigenvalue weighted by Crippen LogP contribution is 2.17. The predicted molar refractivity (Wildman–Crippen MR) is 90.8 cm³/mol. The number of amides is 3. The first-order valence-electron chi connectivity index (χ1n) is 7.80. The van der Waals surface area contributed by atoms with Crippen molar-refractivity contribution in [2.75, 3.05) is 36.4 Å². The number of rotatable bonds is 3. The Labute approximate surface area is 140 Å². The summed E-state index contributed by atoms with van der Waals surface area (Å²) >= 11 is 0. The third-order valence-corrected chi connectivity index (χ3v) is 4.01. The van der Waals surface area contributed by atoms with Gasteiger partial charge in [-0.1, -0.05) is 6.07 Å². The van der Waals surface area contributed by atoms with Gasteiger partial charge < -0.3 is 20.9 Å². The lowest BCUT2D eigenvalue weighted by Crippen LogP contribution is -2.48. The second kappa shape index (κ2) is 6.99. The van der Waals surface area contributed by atoms with Gasteiger partial charge in [-0.2, -0.15) is 0 Å². The number of hydrogen-bond acceptors (Lipinski definition) is 3. The number of nitrogens with two attached hydrogens (primary N) is 1. The molecule has 1 aliphatic rings. The highest BCUT2D eigenvalue weighted by atomic mass is 16.2. The second-order valence-electron chi connectivity index (χ2n) is 5.61. The van der Waals surface area contributed by atoms with Crippen molar-refractivity contribution in [3.63, 3.8) is 0 Å². The zero-order valence-corrected chi connectivity index (χ0v) is 13.2. The SMILES string of the molecule is NC(=O)Nc1cccc(C(=O)N2CCN(c3cc[nH+]cc3)CC2)c1. The number of primary amides is 1. The summed E-state index contributed by atoms with van der Waals surface area (Å²) in [5, 5.41) is 2.49. The molecule has 3 rings (SSSR count). The van der Waals surface area contributed by atoms with Crippen LogP contribution in [-0.4, -0.2) is 43.0 Å². The van der Waals surface area contributed by atoms with Crippen LogP contribution in [0, 0.1) is 0 Å². The first kappa shape index (κ1) is 15.8. The molecule has 7 heteroatoms. The Morgan fingerprint density at radius 2 is 1.75 bits per heavy atom. The van der Waals surface area contributed by atoms with Gasteiger partial charge in [0.1, 0.15) is 0 Å². The maximum absolute atomic E-state index is 12.6. The number of carbonyl (C=O) groups is 2. The summed E-state index contributed by atoms with van der Waals surface area (Å²) in [6.07, 6.45) is 3.79. The van der Waals surface area contributed by atoms with Crippen LogP contribution in [0.1, 0.15) is 10.4 Å². The van der Waals surface area contributed by atoms with Crippen molar-refractivity contribution < 1.29 is 14.6 Å². The fourth-order valence-corrected chi connectivity index (χ4v) is 2.81. The van der Waals surface area contributed by atoms with E-state index in [1.807, 2.05) is 29.4 Å². The molecule has 0 spiro atoms. The summed E-state index contributed by atoms with van der Waals surface area (Å²) < 4.78 is 0. The average molecular weight is 326 g/mol. The van der Waals surface area contributed by atoms with Crippen molar-refractivity contribution in [2.45, 2.75) is 0 Å². The van der Waals surface area contributed by atoms with E-state index in [9.17, 15) is 9.59 Å². The van der Waals surface area contributed by atoms with Gasteiger partial charge >= 0.3 is 6.03 Å². The van der Waals surface area contributed by atoms with Crippen LogP contribution in [0.5, 0.6) is 0 Å². The Hall–Kier alpha value is -3.09. The van der Waals surface area contributed by atoms with Gasteiger partial charge in [0.15, 0.2) is 12.4 Å². The van der Waals surface area contributed by atoms with Gasteiger partial charge in [0.25, 0.3) is 5.91 Å². The molecule has 1 fully saturated rings. The molecule has 4 N–H and O–H groups in total. The van der Waals surface area contributed by atoms with E-state index in [2.05, 4.69) is 15.2 Å². The monoisotopic (exact) mass is 326 g/mol. The summed E-state index contributed by atoms with van der Waals surface area (Å²) in [5.74, 6) is -0.0378. The van der Waals surface area contributed by atoms with E-state index in [4.69, 9.17) is 5.73 Å². The predicted octanol–water partition coefficient (Wildman–Crippen LogP) is 0.954. The van der Waals surface area contributed by atoms with Gasteiger partial charge in [-0.15, -0.1) is 0 Å². The minimum Gasteiger partial charge on any atom is -0.368 e. The van der Waals surface area contributed by atoms with E-state index in [1.165, 1.54) is 0 Å². The molecule has 2 heterocycles. The molecule has 1 aromatic heterocycles. The molecule has 0 bridgehead atoms. The average Bonchev–Trinajstić information content (AvgIpc) is 2.62. The molecular weight excluding hydrogens is 306 g/mol. The fraction of sp³-hybridized carbons (Fsp3) is 0.235. The standard InChI is InChI=1S/C17H19N5O2/c18-17(24)20-14-3-1-2-13(12-14)16(23)22-10-8-21(9-11-22)15-4-6-19-7-5-15/h1-7,12H,8-11H2,(H3,18,20,24)/p+1. The molecule has 0 saturated carbocycles. The smallest absolute Gasteiger partial charge is 0.316 e. The molecular formula is C17H20N5O2+. The number of aromatic amines is 1. The molecule has 124 valence electrons. The molecule has 0 radical (unpaired) electrons. The summed E-state index contributed by atoms with van der Waals surface area (Å²) in [6.45, 7) is 2.89. The van der Waals surface area contributed by atoms with Gasteiger partial charge in [0.2, 0.25) is 0 Å². The lowest BCUT2D eigenvalue weighted by molar-refractivity contribution is -0.377. The van der Waals surface area contributed by atoms with Crippen molar-refractivity contribution in [1.29, 1.82) is 0 Å². The maximum Gasteiger partial charge on any atom is 0.316 e. The Kier molecular flexibility index (Phi) is 4.60. The van der Waals surface area contributed by atoms with Crippen molar-refractivity contribution >= 4 is 23.3 Å². The van der Waals surface area contributed by atoms with Crippen LogP contribution in [0.25, 0.3) is 0 Å². The largest absolute Gasteiger partial charge is 0.368 e. The summed E-state index contributed by atoms with van der Waals surface area (Å²) in [6, 6.07) is 10.2. The van der Waals surface area contributed by atoms with Crippen LogP contribution >= 0.6 is 0 Å². The van der Waals surface area contributed by atoms with Crippen LogP contribution in [0.15, 0.2) is 48.8 Å². The van der Waals surface area contributed by atoms with Gasteiger partial charge in [0, 0.05) is 55.2 Å². The van der Waals surface area contributed by atoms with E-state index in [0.29, 0.717) is 24.3 Å². The summed E-state index contributed by atoms with van der Waals surface area (Å²) in [5.41, 5.74) is 7.32. The van der Waals surface area contributed by atoms with E-state index >= 15 is 0 Å². The lowest BCUT2D eigenvalue weighted by Gasteiger charge is -2.35. The molecule has 7 nitrogen and oxygen atoms in total. The van der Waals surface area contributed by atoms with Crippen LogP contribution in [-0.2, 0) is 0 Å². The highest BCUT2D eigenvalue weighted by Gasteiger charge is 2.22. The third-order valence-electron chi connectivity index (χ3n) is 4.01. The van der Waals surface area contributed by atoms with Crippen LogP contribution in [0.3, 0.4) is 0 Å². The van der Waals surface area contributed by atoms with Gasteiger partial charge in [-0.25, -0.2) is 9.78 Å². The number of piperazine rings is 1. The van der Waals surface area contributed by atoms with Crippen LogP contribution < -0.4 is 20.9 Å². The number of aromatic nitrogens is 1. The van der Waals surface area contributed by atoms with Crippen molar-refractivity contribution in [1.82, 2.24) is 4.90 Å². The number of benzene rings is 1. The zero-order chi connectivity index (χ0) is 16.9. The molecule has 0 unspecified atom stereocenters. The number of carbonyl (C=O) groups excluding carboxylic acids is 2. The quantitative estimate of drug-likeness (QED) is 0.879. The van der Waals surface area contributed by atoms with Crippen molar-refractivity contribution in [2.24, 2.45) is 5.73 Å². The van der Waals surface area contributed by atoms with Crippen LogP contribution in [0.2, 0.25) is 0 Å². The number of urea groups is 1. The molecule has 2 aromatic rings. The number of nitrogens with one attached hydrogen (secondary N) is 2. The lowest BCUT2D eigenvalue weighted by atomic mass is 10.1. The first-order valence-corrected chi connectivity index (χ1v) is 7.80. The molecule has 1 aromatic carbocycles. The highest BCUT2D eigenvalue weighted by molar-refractivity contribution is 5.96. The molecule has 0 atom stereocenters. The molecule has 3 amide bonds. The van der Waals surface area contributed by atoms with Gasteiger partial charge in [-0.05, 0) is 18.2 Å². The number of pyridine rings is 1. The third kappa shape index (κ3) is 3.62. The van der Waals surface area contributed by atoms with E-state index in [0.717, 1.165) is 18.8 Å². The number of hydrogen-bond donors (Lipinski definition) is 2. The second-order valence-corrected chi connectivity index (χ2v) is 5.61. The normalized spacial score (nSPS) is 14.3. The maximum atomic E-state index is 12.6. The van der Waals surface area contributed by atoms with E-state index in [1.54, 1.807) is 24.3 Å². The zero-order valence-electron chi connectivity index (χ0n) is 13.2. The van der Waals surface area contributed by atoms with Gasteiger partial charge in [-0.3, -0.25) is 4.79 Å². The number of anilines is 2. The molecule has 0 aliphatic carbocycles. The first-order chi connectivity index (χ1) is 11.6. The van der Waals surface area contributed by atoms with Crippen molar-refractivity contribution in [3.05, 3.63) is 54.4 Å². The number of H-pyrrole nitrogens is 1.